The van der Waals surface area contributed by atoms with Gasteiger partial charge in [0.15, 0.2) is 0 Å². The number of phenolic OH excluding ortho intramolecular Hbond substituents is 1. The summed E-state index contributed by atoms with van der Waals surface area (Å²) >= 11 is 3.48. The average Bonchev–Trinajstić information content (AvgIpc) is 2.90. The minimum Gasteiger partial charge on any atom is -0.507 e. The zero-order chi connectivity index (χ0) is 15.5. The first kappa shape index (κ1) is 15.6. The number of phenols is 1. The Morgan fingerprint density at radius 1 is 1.09 bits per heavy atom. The summed E-state index contributed by atoms with van der Waals surface area (Å²) in [6.07, 6.45) is 2.12. The summed E-state index contributed by atoms with van der Waals surface area (Å²) in [5, 5.41) is 9.98. The Kier molecular flexibility index (Phi) is 4.86. The van der Waals surface area contributed by atoms with Crippen molar-refractivity contribution in [2.24, 2.45) is 7.05 Å². The van der Waals surface area contributed by atoms with Gasteiger partial charge < -0.3 is 19.5 Å². The first-order valence-electron chi connectivity index (χ1n) is 7.86. The van der Waals surface area contributed by atoms with E-state index in [0.717, 1.165) is 36.2 Å². The largest absolute Gasteiger partial charge is 0.507 e. The van der Waals surface area contributed by atoms with Gasteiger partial charge in [-0.05, 0) is 30.3 Å². The van der Waals surface area contributed by atoms with Crippen LogP contribution in [0.4, 0.5) is 0 Å². The second kappa shape index (κ2) is 6.86. The van der Waals surface area contributed by atoms with Crippen LogP contribution in [0.25, 0.3) is 0 Å². The molecule has 5 heteroatoms. The number of aromatic nitrogens is 1. The Bertz CT molecular complexity index is 633. The molecule has 0 unspecified atom stereocenters. The molecule has 1 aliphatic rings. The molecule has 118 valence electrons. The fourth-order valence-electron chi connectivity index (χ4n) is 3.21. The van der Waals surface area contributed by atoms with Crippen LogP contribution in [-0.2, 0) is 20.1 Å². The molecule has 2 heterocycles. The monoisotopic (exact) mass is 365 g/mol. The van der Waals surface area contributed by atoms with Crippen molar-refractivity contribution < 1.29 is 14.9 Å². The van der Waals surface area contributed by atoms with E-state index < -0.39 is 0 Å². The van der Waals surface area contributed by atoms with Crippen molar-refractivity contribution in [2.75, 3.05) is 26.2 Å². The van der Waals surface area contributed by atoms with Gasteiger partial charge in [0.2, 0.25) is 0 Å². The summed E-state index contributed by atoms with van der Waals surface area (Å²) in [6, 6.07) is 10.0. The van der Waals surface area contributed by atoms with Gasteiger partial charge in [0, 0.05) is 23.3 Å². The van der Waals surface area contributed by atoms with Crippen molar-refractivity contribution in [1.82, 2.24) is 4.57 Å². The highest BCUT2D eigenvalue weighted by atomic mass is 79.9. The third kappa shape index (κ3) is 3.72. The molecule has 3 rings (SSSR count). The highest BCUT2D eigenvalue weighted by Crippen LogP contribution is 2.20. The van der Waals surface area contributed by atoms with Gasteiger partial charge in [-0.3, -0.25) is 0 Å². The third-order valence-electron chi connectivity index (χ3n) is 4.63. The van der Waals surface area contributed by atoms with Gasteiger partial charge >= 0.3 is 0 Å². The normalized spacial score (nSPS) is 21.9. The molecule has 4 nitrogen and oxygen atoms in total. The summed E-state index contributed by atoms with van der Waals surface area (Å²) in [7, 11) is 2.12. The van der Waals surface area contributed by atoms with Crippen molar-refractivity contribution >= 4 is 15.9 Å². The van der Waals surface area contributed by atoms with Crippen LogP contribution in [-0.4, -0.2) is 35.9 Å². The zero-order valence-electron chi connectivity index (χ0n) is 13.0. The number of aryl methyl sites for hydroxylation is 1. The lowest BCUT2D eigenvalue weighted by Gasteiger charge is -2.30. The second-order valence-corrected chi connectivity index (χ2v) is 7.15. The quantitative estimate of drug-likeness (QED) is 0.699. The number of nitrogens with one attached hydrogen (secondary N) is 2. The predicted octanol–water partition coefficient (Wildman–Crippen LogP) is -0.0232. The number of quaternary nitrogens is 2. The topological polar surface area (TPSA) is 34.0 Å². The van der Waals surface area contributed by atoms with Crippen LogP contribution in [0, 0.1) is 0 Å². The molecular weight excluding hydrogens is 342 g/mol. The van der Waals surface area contributed by atoms with E-state index in [2.05, 4.69) is 45.9 Å². The van der Waals surface area contributed by atoms with E-state index in [1.165, 1.54) is 18.8 Å². The molecule has 1 aromatic heterocycles. The van der Waals surface area contributed by atoms with E-state index in [4.69, 9.17) is 0 Å². The van der Waals surface area contributed by atoms with Crippen LogP contribution in [0.15, 0.2) is 41.0 Å². The minimum absolute atomic E-state index is 0.411. The van der Waals surface area contributed by atoms with Gasteiger partial charge in [-0.15, -0.1) is 0 Å². The number of hydrogen-bond acceptors (Lipinski definition) is 1. The second-order valence-electron chi connectivity index (χ2n) is 6.24. The van der Waals surface area contributed by atoms with E-state index >= 15 is 0 Å². The van der Waals surface area contributed by atoms with Crippen molar-refractivity contribution in [3.05, 3.63) is 52.3 Å². The average molecular weight is 366 g/mol. The molecule has 0 aliphatic carbocycles. The van der Waals surface area contributed by atoms with Gasteiger partial charge in [-0.1, -0.05) is 15.9 Å². The van der Waals surface area contributed by atoms with Crippen molar-refractivity contribution in [2.45, 2.75) is 13.1 Å². The predicted molar refractivity (Wildman–Crippen MR) is 90.0 cm³/mol. The third-order valence-corrected chi connectivity index (χ3v) is 5.12. The summed E-state index contributed by atoms with van der Waals surface area (Å²) in [4.78, 5) is 3.22. The SMILES string of the molecule is Cn1cccc1C[NH+]1CC[NH+](Cc2cc(Br)ccc2O)CC1. The van der Waals surface area contributed by atoms with Crippen LogP contribution in [0.5, 0.6) is 5.75 Å². The van der Waals surface area contributed by atoms with Gasteiger partial charge in [0.1, 0.15) is 45.0 Å². The molecule has 2 aromatic rings. The smallest absolute Gasteiger partial charge is 0.127 e. The van der Waals surface area contributed by atoms with E-state index in [0.29, 0.717) is 5.75 Å². The van der Waals surface area contributed by atoms with E-state index in [1.807, 2.05) is 12.1 Å². The number of benzene rings is 1. The van der Waals surface area contributed by atoms with E-state index in [1.54, 1.807) is 15.9 Å². The molecular formula is C17H24BrN3O+2. The summed E-state index contributed by atoms with van der Waals surface area (Å²) < 4.78 is 3.25. The molecule has 1 aromatic carbocycles. The van der Waals surface area contributed by atoms with Gasteiger partial charge in [0.05, 0.1) is 5.69 Å². The summed E-state index contributed by atoms with van der Waals surface area (Å²) in [6.45, 7) is 6.71. The van der Waals surface area contributed by atoms with E-state index in [9.17, 15) is 5.11 Å². The van der Waals surface area contributed by atoms with Crippen LogP contribution >= 0.6 is 15.9 Å². The molecule has 0 spiro atoms. The number of halogens is 1. The number of rotatable bonds is 4. The highest BCUT2D eigenvalue weighted by molar-refractivity contribution is 9.10. The Morgan fingerprint density at radius 3 is 2.41 bits per heavy atom. The Balaban J connectivity index is 1.53. The highest BCUT2D eigenvalue weighted by Gasteiger charge is 2.24. The molecule has 0 saturated carbocycles. The van der Waals surface area contributed by atoms with Gasteiger partial charge in [0.25, 0.3) is 0 Å². The van der Waals surface area contributed by atoms with Crippen LogP contribution in [0.2, 0.25) is 0 Å². The first-order valence-corrected chi connectivity index (χ1v) is 8.66. The number of hydrogen-bond donors (Lipinski definition) is 3. The Hall–Kier alpha value is -1.30. The van der Waals surface area contributed by atoms with Crippen LogP contribution in [0.1, 0.15) is 11.3 Å². The number of aromatic hydroxyl groups is 1. The standard InChI is InChI=1S/C17H22BrN3O/c1-19-6-2-3-16(19)13-21-9-7-20(8-10-21)12-14-11-15(18)4-5-17(14)22/h2-6,11,22H,7-10,12-13H2,1H3/p+2. The van der Waals surface area contributed by atoms with Gasteiger partial charge in [-0.25, -0.2) is 0 Å². The van der Waals surface area contributed by atoms with E-state index in [-0.39, 0.29) is 0 Å². The molecule has 1 aliphatic heterocycles. The lowest BCUT2D eigenvalue weighted by atomic mass is 10.1. The number of piperazine rings is 1. The fraction of sp³-hybridized carbons (Fsp3) is 0.412. The van der Waals surface area contributed by atoms with Crippen LogP contribution < -0.4 is 9.80 Å². The molecule has 1 saturated heterocycles. The maximum absolute atomic E-state index is 9.98. The van der Waals surface area contributed by atoms with Gasteiger partial charge in [-0.2, -0.15) is 0 Å². The van der Waals surface area contributed by atoms with Crippen molar-refractivity contribution in [3.8, 4) is 5.75 Å². The molecule has 1 fully saturated rings. The zero-order valence-corrected chi connectivity index (χ0v) is 14.6. The molecule has 0 atom stereocenters. The maximum Gasteiger partial charge on any atom is 0.127 e. The van der Waals surface area contributed by atoms with Crippen molar-refractivity contribution in [1.29, 1.82) is 0 Å². The minimum atomic E-state index is 0.411. The lowest BCUT2D eigenvalue weighted by molar-refractivity contribution is -1.02. The maximum atomic E-state index is 9.98. The lowest BCUT2D eigenvalue weighted by Crippen LogP contribution is -3.27. The Morgan fingerprint density at radius 2 is 1.77 bits per heavy atom. The molecule has 0 amide bonds. The number of nitrogens with zero attached hydrogens (tertiary/aromatic N) is 1. The molecule has 0 radical (unpaired) electrons. The molecule has 0 bridgehead atoms. The van der Waals surface area contributed by atoms with Crippen molar-refractivity contribution in [3.63, 3.8) is 0 Å². The first-order chi connectivity index (χ1) is 10.6. The summed E-state index contributed by atoms with van der Waals surface area (Å²) in [5.41, 5.74) is 2.44. The fourth-order valence-corrected chi connectivity index (χ4v) is 3.62. The van der Waals surface area contributed by atoms with Crippen LogP contribution in [0.3, 0.4) is 0 Å². The molecule has 3 N–H and O–H groups in total. The molecule has 22 heavy (non-hydrogen) atoms. The summed E-state index contributed by atoms with van der Waals surface area (Å²) in [5.74, 6) is 0.411. The Labute approximate surface area is 140 Å².